The van der Waals surface area contributed by atoms with Gasteiger partial charge in [0.25, 0.3) is 0 Å². The van der Waals surface area contributed by atoms with E-state index in [-0.39, 0.29) is 6.61 Å². The minimum Gasteiger partial charge on any atom is -0.388 e. The van der Waals surface area contributed by atoms with Crippen LogP contribution in [0.25, 0.3) is 0 Å². The molecule has 0 spiro atoms. The van der Waals surface area contributed by atoms with Gasteiger partial charge in [-0.1, -0.05) is 6.08 Å². The summed E-state index contributed by atoms with van der Waals surface area (Å²) in [5.74, 6) is 0. The maximum absolute atomic E-state index is 9.46. The predicted octanol–water partition coefficient (Wildman–Crippen LogP) is -0.984. The topological polar surface area (TPSA) is 79.2 Å². The first-order valence-corrected chi connectivity index (χ1v) is 4.50. The van der Waals surface area contributed by atoms with Gasteiger partial charge in [0, 0.05) is 0 Å². The van der Waals surface area contributed by atoms with Crippen molar-refractivity contribution >= 4 is 0 Å². The van der Waals surface area contributed by atoms with Gasteiger partial charge in [0.15, 0.2) is 6.29 Å². The molecule has 1 saturated heterocycles. The molecule has 0 aromatic rings. The summed E-state index contributed by atoms with van der Waals surface area (Å²) >= 11 is 0. The summed E-state index contributed by atoms with van der Waals surface area (Å²) in [5.41, 5.74) is 0. The van der Waals surface area contributed by atoms with Gasteiger partial charge in [-0.3, -0.25) is 0 Å². The molecule has 2 unspecified atom stereocenters. The molecule has 1 aliphatic rings. The van der Waals surface area contributed by atoms with Gasteiger partial charge in [-0.25, -0.2) is 0 Å². The van der Waals surface area contributed by atoms with Crippen LogP contribution in [0, 0.1) is 0 Å². The van der Waals surface area contributed by atoms with Gasteiger partial charge in [0.2, 0.25) is 0 Å². The van der Waals surface area contributed by atoms with E-state index < -0.39 is 30.7 Å². The smallest absolute Gasteiger partial charge is 0.186 e. The van der Waals surface area contributed by atoms with Crippen LogP contribution in [0.5, 0.6) is 0 Å². The lowest BCUT2D eigenvalue weighted by molar-refractivity contribution is -0.290. The van der Waals surface area contributed by atoms with Gasteiger partial charge < -0.3 is 24.8 Å². The molecule has 0 radical (unpaired) electrons. The van der Waals surface area contributed by atoms with Crippen LogP contribution in [0.15, 0.2) is 12.7 Å². The van der Waals surface area contributed by atoms with Crippen LogP contribution < -0.4 is 0 Å². The number of hydrogen-bond acceptors (Lipinski definition) is 5. The minimum absolute atomic E-state index is 0.220. The van der Waals surface area contributed by atoms with E-state index in [4.69, 9.17) is 9.47 Å². The van der Waals surface area contributed by atoms with Crippen LogP contribution >= 0.6 is 0 Å². The Bertz CT molecular complexity index is 196. The number of aliphatic hydroxyl groups is 3. The highest BCUT2D eigenvalue weighted by molar-refractivity contribution is 4.87. The summed E-state index contributed by atoms with van der Waals surface area (Å²) < 4.78 is 10.2. The molecule has 0 aliphatic carbocycles. The number of ether oxygens (including phenoxy) is 2. The lowest BCUT2D eigenvalue weighted by Gasteiger charge is -2.38. The average molecular weight is 204 g/mol. The highest BCUT2D eigenvalue weighted by atomic mass is 16.7. The molecule has 1 rings (SSSR count). The van der Waals surface area contributed by atoms with E-state index in [0.717, 1.165) is 0 Å². The van der Waals surface area contributed by atoms with Crippen LogP contribution in [0.2, 0.25) is 0 Å². The first-order valence-electron chi connectivity index (χ1n) is 4.50. The second-order valence-corrected chi connectivity index (χ2v) is 3.30. The van der Waals surface area contributed by atoms with Crippen LogP contribution in [0.4, 0.5) is 0 Å². The number of aliphatic hydroxyl groups excluding tert-OH is 3. The lowest BCUT2D eigenvalue weighted by Crippen LogP contribution is -2.57. The van der Waals surface area contributed by atoms with Gasteiger partial charge >= 0.3 is 0 Å². The third kappa shape index (κ3) is 2.31. The van der Waals surface area contributed by atoms with Crippen LogP contribution in [0.3, 0.4) is 0 Å². The van der Waals surface area contributed by atoms with Gasteiger partial charge in [0.05, 0.1) is 12.7 Å². The normalized spacial score (nSPS) is 43.6. The number of hydrogen-bond donors (Lipinski definition) is 3. The Balaban J connectivity index is 2.55. The Hall–Kier alpha value is -0.460. The molecule has 0 aromatic carbocycles. The Morgan fingerprint density at radius 3 is 2.50 bits per heavy atom. The van der Waals surface area contributed by atoms with Crippen molar-refractivity contribution in [3.8, 4) is 0 Å². The van der Waals surface area contributed by atoms with E-state index in [1.54, 1.807) is 6.92 Å². The largest absolute Gasteiger partial charge is 0.388 e. The van der Waals surface area contributed by atoms with E-state index >= 15 is 0 Å². The molecular formula is C9H16O5. The summed E-state index contributed by atoms with van der Waals surface area (Å²) in [5, 5.41) is 28.2. The quantitative estimate of drug-likeness (QED) is 0.515. The van der Waals surface area contributed by atoms with Gasteiger partial charge in [0.1, 0.15) is 18.3 Å². The highest BCUT2D eigenvalue weighted by Gasteiger charge is 2.42. The predicted molar refractivity (Wildman–Crippen MR) is 48.5 cm³/mol. The molecule has 5 heteroatoms. The second-order valence-electron chi connectivity index (χ2n) is 3.30. The third-order valence-electron chi connectivity index (χ3n) is 2.19. The maximum Gasteiger partial charge on any atom is 0.186 e. The van der Waals surface area contributed by atoms with Gasteiger partial charge in [-0.05, 0) is 6.92 Å². The number of rotatable bonds is 3. The van der Waals surface area contributed by atoms with Crippen LogP contribution in [0.1, 0.15) is 6.92 Å². The van der Waals surface area contributed by atoms with Crippen molar-refractivity contribution in [3.05, 3.63) is 12.7 Å². The van der Waals surface area contributed by atoms with Crippen molar-refractivity contribution in [1.29, 1.82) is 0 Å². The van der Waals surface area contributed by atoms with E-state index in [9.17, 15) is 15.3 Å². The third-order valence-corrected chi connectivity index (χ3v) is 2.19. The minimum atomic E-state index is -1.24. The molecule has 1 aliphatic heterocycles. The first-order chi connectivity index (χ1) is 6.57. The summed E-state index contributed by atoms with van der Waals surface area (Å²) in [6, 6.07) is 0. The Kier molecular flexibility index (Phi) is 4.03. The van der Waals surface area contributed by atoms with Crippen LogP contribution in [-0.4, -0.2) is 52.6 Å². The van der Waals surface area contributed by atoms with E-state index in [0.29, 0.717) is 0 Å². The van der Waals surface area contributed by atoms with Gasteiger partial charge in [-0.2, -0.15) is 0 Å². The molecule has 0 bridgehead atoms. The van der Waals surface area contributed by atoms with Gasteiger partial charge in [-0.15, -0.1) is 6.58 Å². The zero-order valence-electron chi connectivity index (χ0n) is 8.04. The fourth-order valence-electron chi connectivity index (χ4n) is 1.31. The molecular weight excluding hydrogens is 188 g/mol. The SMILES string of the molecule is C=CCO[C@@H]1O[C@H](C)[C@H](O)C(O)C1O. The molecule has 14 heavy (non-hydrogen) atoms. The van der Waals surface area contributed by atoms with Crippen LogP contribution in [-0.2, 0) is 9.47 Å². The molecule has 0 amide bonds. The highest BCUT2D eigenvalue weighted by Crippen LogP contribution is 2.21. The van der Waals surface area contributed by atoms with Crippen molar-refractivity contribution in [3.63, 3.8) is 0 Å². The fourth-order valence-corrected chi connectivity index (χ4v) is 1.31. The van der Waals surface area contributed by atoms with Crippen molar-refractivity contribution in [1.82, 2.24) is 0 Å². The molecule has 5 nitrogen and oxygen atoms in total. The molecule has 82 valence electrons. The monoisotopic (exact) mass is 204 g/mol. The summed E-state index contributed by atoms with van der Waals surface area (Å²) in [6.07, 6.45) is -3.54. The molecule has 1 heterocycles. The van der Waals surface area contributed by atoms with E-state index in [1.165, 1.54) is 6.08 Å². The Labute approximate surface area is 82.6 Å². The summed E-state index contributed by atoms with van der Waals surface area (Å²) in [6.45, 7) is 5.27. The van der Waals surface area contributed by atoms with E-state index in [2.05, 4.69) is 6.58 Å². The Morgan fingerprint density at radius 2 is 1.93 bits per heavy atom. The fraction of sp³-hybridized carbons (Fsp3) is 0.778. The van der Waals surface area contributed by atoms with Crippen molar-refractivity contribution in [2.45, 2.75) is 37.6 Å². The van der Waals surface area contributed by atoms with E-state index in [1.807, 2.05) is 0 Å². The maximum atomic E-state index is 9.46. The van der Waals surface area contributed by atoms with Crippen molar-refractivity contribution in [2.75, 3.05) is 6.61 Å². The molecule has 0 saturated carbocycles. The summed E-state index contributed by atoms with van der Waals surface area (Å²) in [4.78, 5) is 0. The van der Waals surface area contributed by atoms with Crippen molar-refractivity contribution < 1.29 is 24.8 Å². The summed E-state index contributed by atoms with van der Waals surface area (Å²) in [7, 11) is 0. The Morgan fingerprint density at radius 1 is 1.29 bits per heavy atom. The zero-order valence-corrected chi connectivity index (χ0v) is 8.04. The standard InChI is InChI=1S/C9H16O5/c1-3-4-13-9-8(12)7(11)6(10)5(2)14-9/h3,5-12H,1,4H2,2H3/t5-,6+,7?,8?,9-/m1/s1. The molecule has 3 N–H and O–H groups in total. The average Bonchev–Trinajstić information content (AvgIpc) is 2.18. The molecule has 0 aromatic heterocycles. The first kappa shape index (κ1) is 11.6. The lowest BCUT2D eigenvalue weighted by atomic mass is 10.0. The second kappa shape index (κ2) is 4.86. The molecule has 1 fully saturated rings. The zero-order chi connectivity index (χ0) is 10.7. The van der Waals surface area contributed by atoms with Crippen molar-refractivity contribution in [2.24, 2.45) is 0 Å². The molecule has 5 atom stereocenters.